The average molecular weight is 331 g/mol. The normalized spacial score (nSPS) is 18.7. The fourth-order valence-electron chi connectivity index (χ4n) is 2.62. The van der Waals surface area contributed by atoms with Gasteiger partial charge in [-0.2, -0.15) is 0 Å². The van der Waals surface area contributed by atoms with Gasteiger partial charge in [0.15, 0.2) is 0 Å². The van der Waals surface area contributed by atoms with E-state index in [-0.39, 0.29) is 5.91 Å². The first kappa shape index (κ1) is 16.1. The number of morpholine rings is 1. The molecule has 1 aliphatic rings. The Morgan fingerprint density at radius 1 is 1.43 bits per heavy atom. The van der Waals surface area contributed by atoms with Crippen LogP contribution < -0.4 is 5.32 Å². The van der Waals surface area contributed by atoms with Gasteiger partial charge in [-0.3, -0.25) is 9.69 Å². The van der Waals surface area contributed by atoms with Crippen molar-refractivity contribution in [1.29, 1.82) is 0 Å². The van der Waals surface area contributed by atoms with Crippen LogP contribution in [0.4, 0.5) is 0 Å². The molecular formula is C17H21N3O2S. The lowest BCUT2D eigenvalue weighted by molar-refractivity contribution is -0.138. The van der Waals surface area contributed by atoms with Crippen molar-refractivity contribution in [2.75, 3.05) is 19.7 Å². The van der Waals surface area contributed by atoms with E-state index >= 15 is 0 Å². The first-order valence-electron chi connectivity index (χ1n) is 7.77. The zero-order valence-electron chi connectivity index (χ0n) is 13.2. The fraction of sp³-hybridized carbons (Fsp3) is 0.412. The molecule has 5 nitrogen and oxygen atoms in total. The van der Waals surface area contributed by atoms with Crippen molar-refractivity contribution in [2.45, 2.75) is 26.1 Å². The third-order valence-electron chi connectivity index (χ3n) is 3.96. The van der Waals surface area contributed by atoms with Crippen molar-refractivity contribution in [3.63, 3.8) is 0 Å². The van der Waals surface area contributed by atoms with E-state index in [0.717, 1.165) is 23.7 Å². The van der Waals surface area contributed by atoms with Gasteiger partial charge in [-0.15, -0.1) is 11.3 Å². The molecule has 1 atom stereocenters. The Kier molecular flexibility index (Phi) is 5.38. The van der Waals surface area contributed by atoms with Crippen LogP contribution in [0.2, 0.25) is 0 Å². The first-order chi connectivity index (χ1) is 11.2. The smallest absolute Gasteiger partial charge is 0.250 e. The van der Waals surface area contributed by atoms with Gasteiger partial charge in [-0.1, -0.05) is 30.3 Å². The highest BCUT2D eigenvalue weighted by Gasteiger charge is 2.26. The molecule has 1 N–H and O–H groups in total. The molecule has 2 aromatic rings. The van der Waals surface area contributed by atoms with Crippen molar-refractivity contribution >= 4 is 17.2 Å². The summed E-state index contributed by atoms with van der Waals surface area (Å²) in [5.74, 6) is -0.0458. The second-order valence-corrected chi connectivity index (χ2v) is 6.60. The molecule has 0 saturated carbocycles. The van der Waals surface area contributed by atoms with Crippen molar-refractivity contribution in [3.8, 4) is 0 Å². The van der Waals surface area contributed by atoms with E-state index in [1.807, 2.05) is 25.1 Å². The Morgan fingerprint density at radius 3 is 3.00 bits per heavy atom. The van der Waals surface area contributed by atoms with Crippen molar-refractivity contribution < 1.29 is 9.53 Å². The molecule has 0 bridgehead atoms. The van der Waals surface area contributed by atoms with Crippen LogP contribution in [0.25, 0.3) is 0 Å². The molecule has 0 spiro atoms. The SMILES string of the molecule is Cc1ncsc1CNC(=O)C1CN(Cc2ccccc2)CCO1. The lowest BCUT2D eigenvalue weighted by Crippen LogP contribution is -2.49. The number of nitrogens with one attached hydrogen (secondary N) is 1. The molecule has 1 aliphatic heterocycles. The van der Waals surface area contributed by atoms with E-state index < -0.39 is 6.10 Å². The summed E-state index contributed by atoms with van der Waals surface area (Å²) in [5.41, 5.74) is 4.04. The Bertz CT molecular complexity index is 644. The van der Waals surface area contributed by atoms with Crippen molar-refractivity contribution in [3.05, 3.63) is 52.0 Å². The molecule has 3 rings (SSSR count). The van der Waals surface area contributed by atoms with Crippen LogP contribution in [-0.4, -0.2) is 41.6 Å². The summed E-state index contributed by atoms with van der Waals surface area (Å²) in [6.07, 6.45) is -0.402. The maximum Gasteiger partial charge on any atom is 0.250 e. The van der Waals surface area contributed by atoms with Gasteiger partial charge in [-0.25, -0.2) is 4.98 Å². The van der Waals surface area contributed by atoms with Gasteiger partial charge in [0.1, 0.15) is 6.10 Å². The maximum absolute atomic E-state index is 12.3. The van der Waals surface area contributed by atoms with E-state index in [2.05, 4.69) is 27.3 Å². The topological polar surface area (TPSA) is 54.5 Å². The van der Waals surface area contributed by atoms with Gasteiger partial charge in [0, 0.05) is 24.5 Å². The van der Waals surface area contributed by atoms with E-state index in [4.69, 9.17) is 4.74 Å². The number of amides is 1. The monoisotopic (exact) mass is 331 g/mol. The zero-order chi connectivity index (χ0) is 16.1. The quantitative estimate of drug-likeness (QED) is 0.910. The number of hydrogen-bond acceptors (Lipinski definition) is 5. The van der Waals surface area contributed by atoms with Gasteiger partial charge in [-0.05, 0) is 12.5 Å². The number of rotatable bonds is 5. The van der Waals surface area contributed by atoms with Crippen LogP contribution in [0, 0.1) is 6.92 Å². The van der Waals surface area contributed by atoms with Gasteiger partial charge in [0.25, 0.3) is 5.91 Å². The van der Waals surface area contributed by atoms with Gasteiger partial charge >= 0.3 is 0 Å². The van der Waals surface area contributed by atoms with Gasteiger partial charge in [0.05, 0.1) is 24.4 Å². The van der Waals surface area contributed by atoms with Crippen LogP contribution in [0.5, 0.6) is 0 Å². The minimum absolute atomic E-state index is 0.0458. The van der Waals surface area contributed by atoms with Crippen molar-refractivity contribution in [2.24, 2.45) is 0 Å². The number of benzene rings is 1. The highest BCUT2D eigenvalue weighted by atomic mass is 32.1. The number of thiazole rings is 1. The third kappa shape index (κ3) is 4.37. The summed E-state index contributed by atoms with van der Waals surface area (Å²) in [7, 11) is 0. The third-order valence-corrected chi connectivity index (χ3v) is 4.90. The number of aryl methyl sites for hydroxylation is 1. The molecule has 1 aromatic heterocycles. The summed E-state index contributed by atoms with van der Waals surface area (Å²) in [4.78, 5) is 19.9. The second kappa shape index (κ2) is 7.68. The predicted molar refractivity (Wildman–Crippen MR) is 90.2 cm³/mol. The fourth-order valence-corrected chi connectivity index (χ4v) is 3.34. The van der Waals surface area contributed by atoms with E-state index in [1.165, 1.54) is 5.56 Å². The Balaban J connectivity index is 1.51. The van der Waals surface area contributed by atoms with Gasteiger partial charge < -0.3 is 10.1 Å². The molecule has 1 saturated heterocycles. The number of carbonyl (C=O) groups is 1. The predicted octanol–water partition coefficient (Wildman–Crippen LogP) is 1.97. The molecule has 2 heterocycles. The molecule has 1 amide bonds. The lowest BCUT2D eigenvalue weighted by atomic mass is 10.2. The molecule has 1 unspecified atom stereocenters. The van der Waals surface area contributed by atoms with E-state index in [0.29, 0.717) is 19.7 Å². The van der Waals surface area contributed by atoms with Crippen LogP contribution >= 0.6 is 11.3 Å². The number of hydrogen-bond donors (Lipinski definition) is 1. The summed E-state index contributed by atoms with van der Waals surface area (Å²) in [5, 5.41) is 2.96. The molecule has 1 fully saturated rings. The number of ether oxygens (including phenoxy) is 1. The summed E-state index contributed by atoms with van der Waals surface area (Å²) >= 11 is 1.56. The minimum Gasteiger partial charge on any atom is -0.366 e. The Hall–Kier alpha value is -1.76. The molecule has 1 aromatic carbocycles. The lowest BCUT2D eigenvalue weighted by Gasteiger charge is -2.32. The molecule has 0 radical (unpaired) electrons. The van der Waals surface area contributed by atoms with E-state index in [1.54, 1.807) is 16.8 Å². The average Bonchev–Trinajstić information content (AvgIpc) is 2.99. The molecular weight excluding hydrogens is 310 g/mol. The highest BCUT2D eigenvalue weighted by molar-refractivity contribution is 7.09. The molecule has 6 heteroatoms. The number of carbonyl (C=O) groups excluding carboxylic acids is 1. The summed E-state index contributed by atoms with van der Waals surface area (Å²) in [6.45, 7) is 5.39. The Labute approximate surface area is 140 Å². The standard InChI is InChI=1S/C17H21N3O2S/c1-13-16(23-12-19-13)9-18-17(21)15-11-20(7-8-22-15)10-14-5-3-2-4-6-14/h2-6,12,15H,7-11H2,1H3,(H,18,21). The zero-order valence-corrected chi connectivity index (χ0v) is 14.0. The summed E-state index contributed by atoms with van der Waals surface area (Å²) in [6, 6.07) is 10.3. The summed E-state index contributed by atoms with van der Waals surface area (Å²) < 4.78 is 5.64. The number of nitrogens with zero attached hydrogens (tertiary/aromatic N) is 2. The Morgan fingerprint density at radius 2 is 2.26 bits per heavy atom. The van der Waals surface area contributed by atoms with Crippen LogP contribution in [0.15, 0.2) is 35.8 Å². The molecule has 23 heavy (non-hydrogen) atoms. The van der Waals surface area contributed by atoms with Crippen LogP contribution in [0.3, 0.4) is 0 Å². The molecule has 122 valence electrons. The molecule has 0 aliphatic carbocycles. The van der Waals surface area contributed by atoms with Crippen LogP contribution in [0.1, 0.15) is 16.1 Å². The first-order valence-corrected chi connectivity index (χ1v) is 8.65. The largest absolute Gasteiger partial charge is 0.366 e. The van der Waals surface area contributed by atoms with Crippen LogP contribution in [-0.2, 0) is 22.6 Å². The van der Waals surface area contributed by atoms with Crippen molar-refractivity contribution in [1.82, 2.24) is 15.2 Å². The highest BCUT2D eigenvalue weighted by Crippen LogP contribution is 2.13. The van der Waals surface area contributed by atoms with E-state index in [9.17, 15) is 4.79 Å². The maximum atomic E-state index is 12.3. The van der Waals surface area contributed by atoms with Gasteiger partial charge in [0.2, 0.25) is 0 Å². The number of aromatic nitrogens is 1. The minimum atomic E-state index is -0.402. The second-order valence-electron chi connectivity index (χ2n) is 5.66.